The number of carbonyl (C=O) groups excluding carboxylic acids is 1. The van der Waals surface area contributed by atoms with E-state index in [1.165, 1.54) is 6.08 Å². The van der Waals surface area contributed by atoms with E-state index in [1.54, 1.807) is 30.5 Å². The third-order valence-corrected chi connectivity index (χ3v) is 1.86. The first kappa shape index (κ1) is 11.5. The topological polar surface area (TPSA) is 42.0 Å². The van der Waals surface area contributed by atoms with E-state index in [-0.39, 0.29) is 5.91 Å². The second-order valence-corrected chi connectivity index (χ2v) is 3.12. The second-order valence-electron chi connectivity index (χ2n) is 2.71. The number of nitrogens with one attached hydrogen (secondary N) is 1. The third-order valence-electron chi connectivity index (χ3n) is 1.55. The second kappa shape index (κ2) is 5.98. The first-order chi connectivity index (χ1) is 7.24. The van der Waals surface area contributed by atoms with Crippen molar-refractivity contribution in [3.8, 4) is 0 Å². The SMILES string of the molecule is C/C=C/C=C/C(=O)Nc1ncccc1Cl. The van der Waals surface area contributed by atoms with Crippen LogP contribution in [0.4, 0.5) is 5.82 Å². The predicted molar refractivity (Wildman–Crippen MR) is 61.8 cm³/mol. The van der Waals surface area contributed by atoms with E-state index >= 15 is 0 Å². The fraction of sp³-hybridized carbons (Fsp3) is 0.0909. The minimum absolute atomic E-state index is 0.256. The van der Waals surface area contributed by atoms with Gasteiger partial charge in [-0.1, -0.05) is 29.8 Å². The summed E-state index contributed by atoms with van der Waals surface area (Å²) < 4.78 is 0. The number of anilines is 1. The van der Waals surface area contributed by atoms with Crippen LogP contribution in [0.3, 0.4) is 0 Å². The van der Waals surface area contributed by atoms with Crippen LogP contribution in [0.5, 0.6) is 0 Å². The molecule has 0 aliphatic heterocycles. The van der Waals surface area contributed by atoms with E-state index in [4.69, 9.17) is 11.6 Å². The van der Waals surface area contributed by atoms with Crippen LogP contribution in [-0.4, -0.2) is 10.9 Å². The molecular formula is C11H11ClN2O. The molecule has 0 bridgehead atoms. The number of amides is 1. The van der Waals surface area contributed by atoms with Crippen LogP contribution in [0.25, 0.3) is 0 Å². The first-order valence-electron chi connectivity index (χ1n) is 4.45. The number of hydrogen-bond acceptors (Lipinski definition) is 2. The summed E-state index contributed by atoms with van der Waals surface area (Å²) in [6, 6.07) is 3.37. The quantitative estimate of drug-likeness (QED) is 0.631. The van der Waals surface area contributed by atoms with Crippen molar-refractivity contribution in [1.82, 2.24) is 4.98 Å². The van der Waals surface area contributed by atoms with Crippen molar-refractivity contribution in [2.75, 3.05) is 5.32 Å². The van der Waals surface area contributed by atoms with Gasteiger partial charge >= 0.3 is 0 Å². The molecule has 1 rings (SSSR count). The molecule has 1 aromatic heterocycles. The number of pyridine rings is 1. The zero-order valence-corrected chi connectivity index (χ0v) is 9.03. The molecule has 1 aromatic rings. The molecule has 0 saturated heterocycles. The van der Waals surface area contributed by atoms with Gasteiger partial charge in [0, 0.05) is 12.3 Å². The third kappa shape index (κ3) is 3.95. The van der Waals surface area contributed by atoms with Crippen LogP contribution in [-0.2, 0) is 4.79 Å². The van der Waals surface area contributed by atoms with E-state index < -0.39 is 0 Å². The normalized spacial score (nSPS) is 11.1. The maximum Gasteiger partial charge on any atom is 0.249 e. The Labute approximate surface area is 93.5 Å². The van der Waals surface area contributed by atoms with Gasteiger partial charge < -0.3 is 5.32 Å². The Morgan fingerprint density at radius 3 is 3.00 bits per heavy atom. The molecule has 3 nitrogen and oxygen atoms in total. The molecule has 0 radical (unpaired) electrons. The predicted octanol–water partition coefficient (Wildman–Crippen LogP) is 2.81. The van der Waals surface area contributed by atoms with Gasteiger partial charge in [0.1, 0.15) is 0 Å². The largest absolute Gasteiger partial charge is 0.306 e. The van der Waals surface area contributed by atoms with E-state index in [0.717, 1.165) is 0 Å². The lowest BCUT2D eigenvalue weighted by Gasteiger charge is -2.01. The van der Waals surface area contributed by atoms with E-state index in [2.05, 4.69) is 10.3 Å². The zero-order chi connectivity index (χ0) is 11.1. The van der Waals surface area contributed by atoms with Crippen LogP contribution in [0.2, 0.25) is 5.02 Å². The minimum Gasteiger partial charge on any atom is -0.306 e. The summed E-state index contributed by atoms with van der Waals surface area (Å²) in [7, 11) is 0. The summed E-state index contributed by atoms with van der Waals surface area (Å²) in [6.45, 7) is 1.87. The molecule has 1 N–H and O–H groups in total. The highest BCUT2D eigenvalue weighted by atomic mass is 35.5. The Bertz CT molecular complexity index is 399. The molecule has 15 heavy (non-hydrogen) atoms. The van der Waals surface area contributed by atoms with Crippen LogP contribution in [0.1, 0.15) is 6.92 Å². The number of aromatic nitrogens is 1. The molecular weight excluding hydrogens is 212 g/mol. The van der Waals surface area contributed by atoms with Crippen molar-refractivity contribution in [1.29, 1.82) is 0 Å². The van der Waals surface area contributed by atoms with Crippen molar-refractivity contribution in [3.63, 3.8) is 0 Å². The van der Waals surface area contributed by atoms with Crippen molar-refractivity contribution in [3.05, 3.63) is 47.7 Å². The minimum atomic E-state index is -0.256. The molecule has 0 aliphatic carbocycles. The highest BCUT2D eigenvalue weighted by Gasteiger charge is 2.02. The molecule has 0 spiro atoms. The summed E-state index contributed by atoms with van der Waals surface area (Å²) in [6.07, 6.45) is 8.21. The van der Waals surface area contributed by atoms with E-state index in [1.807, 2.05) is 13.0 Å². The van der Waals surface area contributed by atoms with Gasteiger partial charge in [-0.15, -0.1) is 0 Å². The Hall–Kier alpha value is -1.61. The first-order valence-corrected chi connectivity index (χ1v) is 4.82. The lowest BCUT2D eigenvalue weighted by molar-refractivity contribution is -0.111. The summed E-state index contributed by atoms with van der Waals surface area (Å²) in [5, 5.41) is 2.99. The number of allylic oxidation sites excluding steroid dienone is 3. The van der Waals surface area contributed by atoms with Gasteiger partial charge in [-0.2, -0.15) is 0 Å². The summed E-state index contributed by atoms with van der Waals surface area (Å²) in [5.41, 5.74) is 0. The molecule has 1 heterocycles. The number of nitrogens with zero attached hydrogens (tertiary/aromatic N) is 1. The number of hydrogen-bond donors (Lipinski definition) is 1. The highest BCUT2D eigenvalue weighted by molar-refractivity contribution is 6.33. The maximum atomic E-state index is 11.3. The van der Waals surface area contributed by atoms with Crippen LogP contribution >= 0.6 is 11.6 Å². The summed E-state index contributed by atoms with van der Waals surface area (Å²) in [4.78, 5) is 15.2. The van der Waals surface area contributed by atoms with Gasteiger partial charge in [0.05, 0.1) is 5.02 Å². The molecule has 0 atom stereocenters. The molecule has 0 fully saturated rings. The molecule has 4 heteroatoms. The summed E-state index contributed by atoms with van der Waals surface area (Å²) in [5.74, 6) is 0.114. The maximum absolute atomic E-state index is 11.3. The fourth-order valence-electron chi connectivity index (χ4n) is 0.890. The van der Waals surface area contributed by atoms with Crippen molar-refractivity contribution >= 4 is 23.3 Å². The van der Waals surface area contributed by atoms with Gasteiger partial charge in [0.2, 0.25) is 5.91 Å². The lowest BCUT2D eigenvalue weighted by Crippen LogP contribution is -2.09. The Kier molecular flexibility index (Phi) is 4.57. The summed E-state index contributed by atoms with van der Waals surface area (Å²) >= 11 is 5.81. The molecule has 0 aliphatic rings. The smallest absolute Gasteiger partial charge is 0.249 e. The standard InChI is InChI=1S/C11H11ClN2O/c1-2-3-4-7-10(15)14-11-9(12)6-5-8-13-11/h2-8H,1H3,(H,13,14,15)/b3-2+,7-4+. The van der Waals surface area contributed by atoms with Crippen molar-refractivity contribution in [2.45, 2.75) is 6.92 Å². The fourth-order valence-corrected chi connectivity index (χ4v) is 1.06. The molecule has 0 aromatic carbocycles. The average Bonchev–Trinajstić information content (AvgIpc) is 2.22. The van der Waals surface area contributed by atoms with Gasteiger partial charge in [-0.05, 0) is 19.1 Å². The van der Waals surface area contributed by atoms with Crippen LogP contribution in [0, 0.1) is 0 Å². The zero-order valence-electron chi connectivity index (χ0n) is 8.27. The van der Waals surface area contributed by atoms with E-state index in [0.29, 0.717) is 10.8 Å². The average molecular weight is 223 g/mol. The Balaban J connectivity index is 2.63. The van der Waals surface area contributed by atoms with Crippen LogP contribution < -0.4 is 5.32 Å². The van der Waals surface area contributed by atoms with Gasteiger partial charge in [0.15, 0.2) is 5.82 Å². The van der Waals surface area contributed by atoms with E-state index in [9.17, 15) is 4.79 Å². The van der Waals surface area contributed by atoms with Crippen molar-refractivity contribution in [2.24, 2.45) is 0 Å². The molecule has 0 saturated carbocycles. The Morgan fingerprint density at radius 1 is 1.53 bits per heavy atom. The van der Waals surface area contributed by atoms with Gasteiger partial charge in [0.25, 0.3) is 0 Å². The number of halogens is 1. The highest BCUT2D eigenvalue weighted by Crippen LogP contribution is 2.16. The monoisotopic (exact) mass is 222 g/mol. The van der Waals surface area contributed by atoms with Crippen LogP contribution in [0.15, 0.2) is 42.6 Å². The van der Waals surface area contributed by atoms with Gasteiger partial charge in [-0.3, -0.25) is 4.79 Å². The molecule has 0 unspecified atom stereocenters. The number of carbonyl (C=O) groups is 1. The Morgan fingerprint density at radius 2 is 2.33 bits per heavy atom. The lowest BCUT2D eigenvalue weighted by atomic mass is 10.4. The molecule has 1 amide bonds. The molecule has 78 valence electrons. The van der Waals surface area contributed by atoms with Gasteiger partial charge in [-0.25, -0.2) is 4.98 Å². The van der Waals surface area contributed by atoms with Crippen molar-refractivity contribution < 1.29 is 4.79 Å². The number of rotatable bonds is 3.